The number of halogens is 3. The van der Waals surface area contributed by atoms with Crippen LogP contribution in [-0.4, -0.2) is 17.8 Å². The van der Waals surface area contributed by atoms with Crippen LogP contribution in [0.2, 0.25) is 0 Å². The maximum Gasteiger partial charge on any atom is 0.416 e. The third-order valence-electron chi connectivity index (χ3n) is 3.54. The lowest BCUT2D eigenvalue weighted by Gasteiger charge is -2.26. The van der Waals surface area contributed by atoms with E-state index in [1.54, 1.807) is 0 Å². The molecule has 0 amide bonds. The Morgan fingerprint density at radius 2 is 1.74 bits per heavy atom. The number of thioether (sulfide) groups is 1. The van der Waals surface area contributed by atoms with E-state index in [-0.39, 0.29) is 11.8 Å². The van der Waals surface area contributed by atoms with Gasteiger partial charge in [0.25, 0.3) is 0 Å². The average Bonchev–Trinajstić information content (AvgIpc) is 2.40. The van der Waals surface area contributed by atoms with Gasteiger partial charge >= 0.3 is 6.18 Å². The first-order valence-corrected chi connectivity index (χ1v) is 7.38. The van der Waals surface area contributed by atoms with E-state index in [9.17, 15) is 18.0 Å². The van der Waals surface area contributed by atoms with Crippen molar-refractivity contribution in [2.24, 2.45) is 5.92 Å². The lowest BCUT2D eigenvalue weighted by atomic mass is 9.83. The zero-order valence-electron chi connectivity index (χ0n) is 10.3. The minimum atomic E-state index is -4.32. The largest absolute Gasteiger partial charge is 0.416 e. The number of aldehydes is 1. The van der Waals surface area contributed by atoms with Gasteiger partial charge < -0.3 is 4.79 Å². The normalized spacial score (nSPS) is 19.1. The molecule has 0 aromatic heterocycles. The Morgan fingerprint density at radius 3 is 2.21 bits per heavy atom. The monoisotopic (exact) mass is 288 g/mol. The van der Waals surface area contributed by atoms with Crippen molar-refractivity contribution < 1.29 is 18.0 Å². The van der Waals surface area contributed by atoms with Crippen LogP contribution >= 0.6 is 11.8 Å². The van der Waals surface area contributed by atoms with E-state index in [0.717, 1.165) is 42.8 Å². The van der Waals surface area contributed by atoms with Crippen LogP contribution in [0.15, 0.2) is 24.3 Å². The van der Waals surface area contributed by atoms with E-state index in [1.807, 2.05) is 11.8 Å². The van der Waals surface area contributed by atoms with Crippen LogP contribution in [0, 0.1) is 5.92 Å². The van der Waals surface area contributed by atoms with Crippen molar-refractivity contribution in [1.82, 2.24) is 0 Å². The van der Waals surface area contributed by atoms with Gasteiger partial charge in [0.1, 0.15) is 6.29 Å². The lowest BCUT2D eigenvalue weighted by molar-refractivity contribution is -0.137. The van der Waals surface area contributed by atoms with E-state index in [1.165, 1.54) is 12.1 Å². The molecule has 0 radical (unpaired) electrons. The van der Waals surface area contributed by atoms with Gasteiger partial charge in [0.05, 0.1) is 5.56 Å². The molecule has 19 heavy (non-hydrogen) atoms. The van der Waals surface area contributed by atoms with E-state index >= 15 is 0 Å². The number of hydrogen-bond donors (Lipinski definition) is 0. The van der Waals surface area contributed by atoms with Crippen molar-refractivity contribution in [3.63, 3.8) is 0 Å². The van der Waals surface area contributed by atoms with Crippen molar-refractivity contribution in [3.05, 3.63) is 35.4 Å². The number of carbonyl (C=O) groups is 1. The molecule has 1 aliphatic heterocycles. The van der Waals surface area contributed by atoms with E-state index in [4.69, 9.17) is 0 Å². The summed E-state index contributed by atoms with van der Waals surface area (Å²) in [5, 5.41) is 0. The van der Waals surface area contributed by atoms with Crippen molar-refractivity contribution in [1.29, 1.82) is 0 Å². The first-order chi connectivity index (χ1) is 9.02. The minimum Gasteiger partial charge on any atom is -0.303 e. The van der Waals surface area contributed by atoms with Gasteiger partial charge in [0.2, 0.25) is 0 Å². The first-order valence-electron chi connectivity index (χ1n) is 6.22. The maximum atomic E-state index is 12.5. The van der Waals surface area contributed by atoms with Gasteiger partial charge in [0, 0.05) is 5.92 Å². The Hall–Kier alpha value is -0.970. The molecular formula is C14H15F3OS. The fourth-order valence-corrected chi connectivity index (χ4v) is 3.57. The SMILES string of the molecule is O=CC(c1ccc(C(F)(F)F)cc1)C1CCSCC1. The lowest BCUT2D eigenvalue weighted by Crippen LogP contribution is -2.19. The molecule has 0 N–H and O–H groups in total. The number of rotatable bonds is 3. The van der Waals surface area contributed by atoms with Gasteiger partial charge in [-0.05, 0) is 48.0 Å². The standard InChI is InChI=1S/C14H15F3OS/c15-14(16,17)12-3-1-10(2-4-12)13(9-18)11-5-7-19-8-6-11/h1-4,9,11,13H,5-8H2. The molecule has 1 aliphatic rings. The Bertz CT molecular complexity index is 421. The third kappa shape index (κ3) is 3.53. The molecule has 1 atom stereocenters. The summed E-state index contributed by atoms with van der Waals surface area (Å²) in [4.78, 5) is 11.3. The second-order valence-corrected chi connectivity index (χ2v) is 5.96. The average molecular weight is 288 g/mol. The number of carbonyl (C=O) groups excluding carboxylic acids is 1. The zero-order chi connectivity index (χ0) is 13.9. The molecule has 104 valence electrons. The minimum absolute atomic E-state index is 0.260. The molecule has 0 bridgehead atoms. The van der Waals surface area contributed by atoms with Gasteiger partial charge in [-0.3, -0.25) is 0 Å². The van der Waals surface area contributed by atoms with Crippen molar-refractivity contribution in [2.45, 2.75) is 24.9 Å². The summed E-state index contributed by atoms with van der Waals surface area (Å²) >= 11 is 1.86. The van der Waals surface area contributed by atoms with Crippen LogP contribution in [0.25, 0.3) is 0 Å². The molecule has 0 aliphatic carbocycles. The molecule has 0 spiro atoms. The smallest absolute Gasteiger partial charge is 0.303 e. The Balaban J connectivity index is 2.16. The maximum absolute atomic E-state index is 12.5. The molecular weight excluding hydrogens is 273 g/mol. The van der Waals surface area contributed by atoms with Crippen LogP contribution < -0.4 is 0 Å². The first kappa shape index (κ1) is 14.4. The van der Waals surface area contributed by atoms with E-state index in [2.05, 4.69) is 0 Å². The molecule has 2 rings (SSSR count). The van der Waals surface area contributed by atoms with Gasteiger partial charge in [-0.25, -0.2) is 0 Å². The highest BCUT2D eigenvalue weighted by atomic mass is 32.2. The summed E-state index contributed by atoms with van der Waals surface area (Å²) in [6.45, 7) is 0. The zero-order valence-corrected chi connectivity index (χ0v) is 11.1. The highest BCUT2D eigenvalue weighted by molar-refractivity contribution is 7.99. The topological polar surface area (TPSA) is 17.1 Å². The summed E-state index contributed by atoms with van der Waals surface area (Å²) in [5.41, 5.74) is 0.0278. The van der Waals surface area contributed by atoms with Gasteiger partial charge in [0.15, 0.2) is 0 Å². The second-order valence-electron chi connectivity index (χ2n) is 4.73. The summed E-state index contributed by atoms with van der Waals surface area (Å²) < 4.78 is 37.5. The van der Waals surface area contributed by atoms with Crippen molar-refractivity contribution in [2.75, 3.05) is 11.5 Å². The highest BCUT2D eigenvalue weighted by Gasteiger charge is 2.31. The molecule has 1 aromatic rings. The molecule has 1 unspecified atom stereocenters. The molecule has 1 heterocycles. The molecule has 0 saturated carbocycles. The molecule has 1 saturated heterocycles. The predicted molar refractivity (Wildman–Crippen MR) is 70.3 cm³/mol. The van der Waals surface area contributed by atoms with Gasteiger partial charge in [-0.2, -0.15) is 24.9 Å². The summed E-state index contributed by atoms with van der Waals surface area (Å²) in [6, 6.07) is 4.99. The van der Waals surface area contributed by atoms with Gasteiger partial charge in [-0.15, -0.1) is 0 Å². The predicted octanol–water partition coefficient (Wildman–Crippen LogP) is 4.13. The summed E-state index contributed by atoms with van der Waals surface area (Å²) in [6.07, 6.45) is -1.54. The van der Waals surface area contributed by atoms with Crippen molar-refractivity contribution >= 4 is 18.0 Å². The van der Waals surface area contributed by atoms with Crippen LogP contribution in [-0.2, 0) is 11.0 Å². The van der Waals surface area contributed by atoms with Crippen LogP contribution in [0.5, 0.6) is 0 Å². The Morgan fingerprint density at radius 1 is 1.16 bits per heavy atom. The Kier molecular flexibility index (Phi) is 4.55. The second kappa shape index (κ2) is 5.99. The van der Waals surface area contributed by atoms with E-state index < -0.39 is 11.7 Å². The van der Waals surface area contributed by atoms with Crippen molar-refractivity contribution in [3.8, 4) is 0 Å². The highest BCUT2D eigenvalue weighted by Crippen LogP contribution is 2.35. The molecule has 1 aromatic carbocycles. The summed E-state index contributed by atoms with van der Waals surface area (Å²) in [5.74, 6) is 2.03. The summed E-state index contributed by atoms with van der Waals surface area (Å²) in [7, 11) is 0. The van der Waals surface area contributed by atoms with Gasteiger partial charge in [-0.1, -0.05) is 12.1 Å². The molecule has 5 heteroatoms. The third-order valence-corrected chi connectivity index (χ3v) is 4.59. The number of hydrogen-bond acceptors (Lipinski definition) is 2. The molecule has 1 nitrogen and oxygen atoms in total. The number of benzene rings is 1. The van der Waals surface area contributed by atoms with Crippen LogP contribution in [0.4, 0.5) is 13.2 Å². The number of alkyl halides is 3. The fourth-order valence-electron chi connectivity index (χ4n) is 2.43. The fraction of sp³-hybridized carbons (Fsp3) is 0.500. The van der Waals surface area contributed by atoms with Crippen LogP contribution in [0.1, 0.15) is 29.9 Å². The van der Waals surface area contributed by atoms with Crippen LogP contribution in [0.3, 0.4) is 0 Å². The quantitative estimate of drug-likeness (QED) is 0.778. The Labute approximate surface area is 114 Å². The molecule has 1 fully saturated rings. The van der Waals surface area contributed by atoms with E-state index in [0.29, 0.717) is 5.56 Å².